The van der Waals surface area contributed by atoms with E-state index in [0.717, 1.165) is 0 Å². The van der Waals surface area contributed by atoms with E-state index in [1.165, 1.54) is 6.20 Å². The summed E-state index contributed by atoms with van der Waals surface area (Å²) in [5.41, 5.74) is 1.17. The zero-order valence-corrected chi connectivity index (χ0v) is 8.60. The van der Waals surface area contributed by atoms with Crippen LogP contribution in [0.15, 0.2) is 6.20 Å². The predicted octanol–water partition coefficient (Wildman–Crippen LogP) is 0.653. The summed E-state index contributed by atoms with van der Waals surface area (Å²) >= 11 is 0. The van der Waals surface area contributed by atoms with Gasteiger partial charge in [-0.15, -0.1) is 0 Å². The van der Waals surface area contributed by atoms with Crippen LogP contribution in [-0.4, -0.2) is 33.1 Å². The summed E-state index contributed by atoms with van der Waals surface area (Å²) in [7, 11) is 0. The molecular formula is C10H11N3O2. The smallest absolute Gasteiger partial charge is 0.275 e. The number of amides is 1. The highest BCUT2D eigenvalue weighted by molar-refractivity contribution is 5.96. The maximum absolute atomic E-state index is 11.8. The van der Waals surface area contributed by atoms with Crippen LogP contribution in [0.5, 0.6) is 0 Å². The molecule has 5 nitrogen and oxygen atoms in total. The molecule has 1 aromatic heterocycles. The molecule has 0 bridgehead atoms. The van der Waals surface area contributed by atoms with Gasteiger partial charge in [-0.25, -0.2) is 4.98 Å². The van der Waals surface area contributed by atoms with Crippen LogP contribution in [0.4, 0.5) is 0 Å². The van der Waals surface area contributed by atoms with Crippen LogP contribution in [0.2, 0.25) is 0 Å². The molecule has 0 N–H and O–H groups in total. The Bertz CT molecular complexity index is 429. The molecule has 0 unspecified atom stereocenters. The first-order valence-corrected chi connectivity index (χ1v) is 4.75. The van der Waals surface area contributed by atoms with Gasteiger partial charge in [-0.2, -0.15) is 0 Å². The molecule has 0 aliphatic carbocycles. The maximum Gasteiger partial charge on any atom is 0.275 e. The molecule has 1 aliphatic heterocycles. The molecule has 0 atom stereocenters. The summed E-state index contributed by atoms with van der Waals surface area (Å²) in [6, 6.07) is 0.119. The molecule has 0 saturated carbocycles. The zero-order chi connectivity index (χ0) is 11.0. The average Bonchev–Trinajstić information content (AvgIpc) is 2.56. The first kappa shape index (κ1) is 9.76. The lowest BCUT2D eigenvalue weighted by molar-refractivity contribution is 0.0726. The SMILES string of the molecule is CC(C)N1Cc2ncc(C=O)nc2C1=O. The minimum atomic E-state index is -0.142. The van der Waals surface area contributed by atoms with Gasteiger partial charge in [0.2, 0.25) is 0 Å². The molecule has 1 aromatic rings. The van der Waals surface area contributed by atoms with Crippen molar-refractivity contribution < 1.29 is 9.59 Å². The van der Waals surface area contributed by atoms with Crippen molar-refractivity contribution >= 4 is 12.2 Å². The van der Waals surface area contributed by atoms with E-state index in [1.54, 1.807) is 4.90 Å². The Kier molecular flexibility index (Phi) is 2.22. The van der Waals surface area contributed by atoms with Gasteiger partial charge in [-0.3, -0.25) is 14.6 Å². The molecule has 0 saturated heterocycles. The Morgan fingerprint density at radius 3 is 2.87 bits per heavy atom. The van der Waals surface area contributed by atoms with Gasteiger partial charge in [0.15, 0.2) is 12.0 Å². The lowest BCUT2D eigenvalue weighted by atomic mass is 10.3. The molecule has 0 spiro atoms. The summed E-state index contributed by atoms with van der Waals surface area (Å²) in [4.78, 5) is 32.0. The van der Waals surface area contributed by atoms with E-state index < -0.39 is 0 Å². The van der Waals surface area contributed by atoms with Crippen LogP contribution < -0.4 is 0 Å². The van der Waals surface area contributed by atoms with Crippen molar-refractivity contribution in [3.63, 3.8) is 0 Å². The fourth-order valence-electron chi connectivity index (χ4n) is 1.56. The van der Waals surface area contributed by atoms with Gasteiger partial charge >= 0.3 is 0 Å². The van der Waals surface area contributed by atoms with Crippen molar-refractivity contribution in [1.82, 2.24) is 14.9 Å². The van der Waals surface area contributed by atoms with Crippen molar-refractivity contribution in [2.45, 2.75) is 26.4 Å². The van der Waals surface area contributed by atoms with Gasteiger partial charge in [0.1, 0.15) is 5.69 Å². The van der Waals surface area contributed by atoms with Gasteiger partial charge < -0.3 is 4.90 Å². The monoisotopic (exact) mass is 205 g/mol. The number of fused-ring (bicyclic) bond motifs is 1. The van der Waals surface area contributed by atoms with Gasteiger partial charge in [-0.1, -0.05) is 0 Å². The second kappa shape index (κ2) is 3.42. The molecule has 5 heteroatoms. The fraction of sp³-hybridized carbons (Fsp3) is 0.400. The van der Waals surface area contributed by atoms with E-state index in [1.807, 2.05) is 13.8 Å². The van der Waals surface area contributed by atoms with Crippen LogP contribution in [0, 0.1) is 0 Å². The highest BCUT2D eigenvalue weighted by Gasteiger charge is 2.31. The molecule has 1 aliphatic rings. The Labute approximate surface area is 87.1 Å². The number of hydrogen-bond acceptors (Lipinski definition) is 4. The van der Waals surface area contributed by atoms with Crippen molar-refractivity contribution in [2.75, 3.05) is 0 Å². The van der Waals surface area contributed by atoms with E-state index in [4.69, 9.17) is 0 Å². The summed E-state index contributed by atoms with van der Waals surface area (Å²) in [5.74, 6) is -0.142. The summed E-state index contributed by atoms with van der Waals surface area (Å²) in [5, 5.41) is 0. The topological polar surface area (TPSA) is 63.2 Å². The molecule has 2 heterocycles. The Morgan fingerprint density at radius 2 is 2.27 bits per heavy atom. The van der Waals surface area contributed by atoms with Gasteiger partial charge in [0.05, 0.1) is 18.4 Å². The Hall–Kier alpha value is -1.78. The second-order valence-corrected chi connectivity index (χ2v) is 3.73. The minimum absolute atomic E-state index is 0.119. The fourth-order valence-corrected chi connectivity index (χ4v) is 1.56. The molecule has 0 radical (unpaired) electrons. The molecule has 78 valence electrons. The summed E-state index contributed by atoms with van der Waals surface area (Å²) in [6.07, 6.45) is 1.99. The largest absolute Gasteiger partial charge is 0.329 e. The maximum atomic E-state index is 11.8. The molecular weight excluding hydrogens is 194 g/mol. The van der Waals surface area contributed by atoms with Gasteiger partial charge in [0, 0.05) is 6.04 Å². The number of rotatable bonds is 2. The first-order valence-electron chi connectivity index (χ1n) is 4.75. The third-order valence-corrected chi connectivity index (χ3v) is 2.39. The lowest BCUT2D eigenvalue weighted by Gasteiger charge is -2.18. The summed E-state index contributed by atoms with van der Waals surface area (Å²) in [6.45, 7) is 4.35. The Balaban J connectivity index is 2.42. The molecule has 0 fully saturated rings. The van der Waals surface area contributed by atoms with Crippen LogP contribution in [-0.2, 0) is 6.54 Å². The minimum Gasteiger partial charge on any atom is -0.329 e. The van der Waals surface area contributed by atoms with Gasteiger partial charge in [0.25, 0.3) is 5.91 Å². The van der Waals surface area contributed by atoms with Gasteiger partial charge in [-0.05, 0) is 13.8 Å². The number of aromatic nitrogens is 2. The number of hydrogen-bond donors (Lipinski definition) is 0. The van der Waals surface area contributed by atoms with E-state index in [2.05, 4.69) is 9.97 Å². The van der Waals surface area contributed by atoms with Crippen molar-refractivity contribution in [3.8, 4) is 0 Å². The molecule has 15 heavy (non-hydrogen) atoms. The standard InChI is InChI=1S/C10H11N3O2/c1-6(2)13-4-8-9(10(13)15)12-7(5-14)3-11-8/h3,5-6H,4H2,1-2H3. The number of carbonyl (C=O) groups excluding carboxylic acids is 2. The quantitative estimate of drug-likeness (QED) is 0.665. The highest BCUT2D eigenvalue weighted by Crippen LogP contribution is 2.20. The summed E-state index contributed by atoms with van der Waals surface area (Å²) < 4.78 is 0. The van der Waals surface area contributed by atoms with Crippen molar-refractivity contribution in [2.24, 2.45) is 0 Å². The lowest BCUT2D eigenvalue weighted by Crippen LogP contribution is -2.31. The van der Waals surface area contributed by atoms with E-state index >= 15 is 0 Å². The first-order chi connectivity index (χ1) is 7.13. The van der Waals surface area contributed by atoms with Crippen LogP contribution in [0.25, 0.3) is 0 Å². The number of aldehydes is 1. The molecule has 2 rings (SSSR count). The second-order valence-electron chi connectivity index (χ2n) is 3.73. The number of carbonyl (C=O) groups is 2. The third kappa shape index (κ3) is 1.49. The Morgan fingerprint density at radius 1 is 1.53 bits per heavy atom. The third-order valence-electron chi connectivity index (χ3n) is 2.39. The van der Waals surface area contributed by atoms with Crippen LogP contribution in [0.1, 0.15) is 40.5 Å². The van der Waals surface area contributed by atoms with E-state index in [-0.39, 0.29) is 17.6 Å². The van der Waals surface area contributed by atoms with Crippen molar-refractivity contribution in [1.29, 1.82) is 0 Å². The number of nitrogens with zero attached hydrogens (tertiary/aromatic N) is 3. The van der Waals surface area contributed by atoms with E-state index in [9.17, 15) is 9.59 Å². The van der Waals surface area contributed by atoms with Crippen LogP contribution >= 0.6 is 0 Å². The van der Waals surface area contributed by atoms with Crippen molar-refractivity contribution in [3.05, 3.63) is 23.3 Å². The molecule has 0 aromatic carbocycles. The molecule has 1 amide bonds. The highest BCUT2D eigenvalue weighted by atomic mass is 16.2. The van der Waals surface area contributed by atoms with Crippen LogP contribution in [0.3, 0.4) is 0 Å². The normalized spacial score (nSPS) is 14.6. The van der Waals surface area contributed by atoms with E-state index in [0.29, 0.717) is 24.2 Å². The zero-order valence-electron chi connectivity index (χ0n) is 8.60. The predicted molar refractivity (Wildman–Crippen MR) is 52.4 cm³/mol. The average molecular weight is 205 g/mol.